The number of rotatable bonds is 4. The lowest BCUT2D eigenvalue weighted by atomic mass is 9.64. The quantitative estimate of drug-likeness (QED) is 0.793. The van der Waals surface area contributed by atoms with Gasteiger partial charge in [0.25, 0.3) is 0 Å². The monoisotopic (exact) mass is 368 g/mol. The highest BCUT2D eigenvalue weighted by Crippen LogP contribution is 2.52. The Morgan fingerprint density at radius 1 is 1.04 bits per heavy atom. The molecule has 26 heavy (non-hydrogen) atoms. The van der Waals surface area contributed by atoms with Crippen molar-refractivity contribution in [1.82, 2.24) is 9.80 Å². The van der Waals surface area contributed by atoms with Gasteiger partial charge in [0, 0.05) is 23.4 Å². The van der Waals surface area contributed by atoms with Gasteiger partial charge in [-0.05, 0) is 62.2 Å². The van der Waals surface area contributed by atoms with Crippen molar-refractivity contribution in [3.63, 3.8) is 0 Å². The lowest BCUT2D eigenvalue weighted by Crippen LogP contribution is -2.47. The number of amides is 1. The van der Waals surface area contributed by atoms with Crippen molar-refractivity contribution in [2.75, 3.05) is 20.6 Å². The first-order valence-corrected chi connectivity index (χ1v) is 10.4. The summed E-state index contributed by atoms with van der Waals surface area (Å²) >= 11 is 1.75. The van der Waals surface area contributed by atoms with E-state index in [-0.39, 0.29) is 11.0 Å². The number of hydrogen-bond acceptors (Lipinski definition) is 3. The van der Waals surface area contributed by atoms with E-state index in [1.54, 1.807) is 11.3 Å². The standard InChI is InChI=1S/C22H28N2OS/c1-23(2)22(18-7-4-3-5-8-18)12-10-21(11-13-22)15-20(25)24(17-21)16-19-9-6-14-26-19/h3-9,14H,10-13,15-17H2,1-2H3. The van der Waals surface area contributed by atoms with Crippen LogP contribution in [0.15, 0.2) is 47.8 Å². The Hall–Kier alpha value is -1.65. The van der Waals surface area contributed by atoms with E-state index in [1.165, 1.54) is 10.4 Å². The highest BCUT2D eigenvalue weighted by Gasteiger charge is 2.50. The molecule has 1 aromatic heterocycles. The summed E-state index contributed by atoms with van der Waals surface area (Å²) in [7, 11) is 4.40. The highest BCUT2D eigenvalue weighted by molar-refractivity contribution is 7.09. The third kappa shape index (κ3) is 3.10. The number of carbonyl (C=O) groups is 1. The maximum Gasteiger partial charge on any atom is 0.223 e. The van der Waals surface area contributed by atoms with Gasteiger partial charge in [-0.2, -0.15) is 0 Å². The second-order valence-electron chi connectivity index (χ2n) is 8.30. The lowest BCUT2D eigenvalue weighted by molar-refractivity contribution is -0.128. The topological polar surface area (TPSA) is 23.6 Å². The van der Waals surface area contributed by atoms with Gasteiger partial charge in [0.1, 0.15) is 0 Å². The normalized spacial score (nSPS) is 29.0. The summed E-state index contributed by atoms with van der Waals surface area (Å²) in [5, 5.41) is 2.09. The van der Waals surface area contributed by atoms with Gasteiger partial charge in [-0.25, -0.2) is 0 Å². The van der Waals surface area contributed by atoms with Crippen molar-refractivity contribution in [2.45, 2.75) is 44.2 Å². The van der Waals surface area contributed by atoms with E-state index in [9.17, 15) is 4.79 Å². The van der Waals surface area contributed by atoms with Crippen molar-refractivity contribution in [1.29, 1.82) is 0 Å². The summed E-state index contributed by atoms with van der Waals surface area (Å²) < 4.78 is 0. The average Bonchev–Trinajstić information content (AvgIpc) is 3.25. The number of carbonyl (C=O) groups excluding carboxylic acids is 1. The first kappa shape index (κ1) is 17.7. The third-order valence-corrected chi connectivity index (χ3v) is 7.50. The highest BCUT2D eigenvalue weighted by atomic mass is 32.1. The van der Waals surface area contributed by atoms with Crippen molar-refractivity contribution >= 4 is 17.2 Å². The van der Waals surface area contributed by atoms with Crippen LogP contribution in [0.2, 0.25) is 0 Å². The lowest BCUT2D eigenvalue weighted by Gasteiger charge is -2.48. The fourth-order valence-corrected chi connectivity index (χ4v) is 5.71. The van der Waals surface area contributed by atoms with Gasteiger partial charge in [-0.1, -0.05) is 36.4 Å². The summed E-state index contributed by atoms with van der Waals surface area (Å²) in [5.74, 6) is 0.343. The second kappa shape index (κ2) is 6.82. The van der Waals surface area contributed by atoms with Crippen LogP contribution in [0.25, 0.3) is 0 Å². The number of benzene rings is 1. The summed E-state index contributed by atoms with van der Waals surface area (Å²) in [6.07, 6.45) is 5.25. The third-order valence-electron chi connectivity index (χ3n) is 6.64. The molecule has 1 aliphatic heterocycles. The van der Waals surface area contributed by atoms with E-state index in [2.05, 4.69) is 71.7 Å². The van der Waals surface area contributed by atoms with Crippen LogP contribution in [0.1, 0.15) is 42.5 Å². The Morgan fingerprint density at radius 2 is 1.77 bits per heavy atom. The molecule has 2 heterocycles. The van der Waals surface area contributed by atoms with Crippen LogP contribution in [0.3, 0.4) is 0 Å². The molecule has 0 atom stereocenters. The molecule has 1 saturated carbocycles. The van der Waals surface area contributed by atoms with Crippen LogP contribution < -0.4 is 0 Å². The van der Waals surface area contributed by atoms with E-state index in [0.717, 1.165) is 45.2 Å². The molecule has 0 radical (unpaired) electrons. The van der Waals surface area contributed by atoms with E-state index in [0.29, 0.717) is 5.91 Å². The summed E-state index contributed by atoms with van der Waals surface area (Å²) in [5.41, 5.74) is 1.71. The van der Waals surface area contributed by atoms with E-state index >= 15 is 0 Å². The SMILES string of the molecule is CN(C)C1(c2ccccc2)CCC2(CC1)CC(=O)N(Cc1cccs1)C2. The Labute approximate surface area is 160 Å². The molecule has 1 aliphatic carbocycles. The van der Waals surface area contributed by atoms with Crippen LogP contribution in [0, 0.1) is 5.41 Å². The first-order chi connectivity index (χ1) is 12.5. The Bertz CT molecular complexity index is 746. The van der Waals surface area contributed by atoms with Gasteiger partial charge >= 0.3 is 0 Å². The van der Waals surface area contributed by atoms with E-state index in [4.69, 9.17) is 0 Å². The van der Waals surface area contributed by atoms with Gasteiger partial charge in [0.2, 0.25) is 5.91 Å². The van der Waals surface area contributed by atoms with Crippen LogP contribution in [0.5, 0.6) is 0 Å². The smallest absolute Gasteiger partial charge is 0.223 e. The van der Waals surface area contributed by atoms with Gasteiger partial charge in [0.05, 0.1) is 6.54 Å². The van der Waals surface area contributed by atoms with Gasteiger partial charge in [0.15, 0.2) is 0 Å². The zero-order chi connectivity index (χ0) is 18.2. The average molecular weight is 369 g/mol. The predicted octanol–water partition coefficient (Wildman–Crippen LogP) is 4.50. The molecular formula is C22H28N2OS. The molecule has 1 amide bonds. The van der Waals surface area contributed by atoms with E-state index in [1.807, 2.05) is 0 Å². The number of likely N-dealkylation sites (tertiary alicyclic amines) is 1. The van der Waals surface area contributed by atoms with Crippen molar-refractivity contribution in [2.24, 2.45) is 5.41 Å². The molecule has 2 aromatic rings. The second-order valence-corrected chi connectivity index (χ2v) is 9.33. The van der Waals surface area contributed by atoms with Crippen molar-refractivity contribution < 1.29 is 4.79 Å². The molecule has 2 aliphatic rings. The van der Waals surface area contributed by atoms with Crippen LogP contribution >= 0.6 is 11.3 Å². The molecule has 0 bridgehead atoms. The Morgan fingerprint density at radius 3 is 2.38 bits per heavy atom. The van der Waals surface area contributed by atoms with Gasteiger partial charge in [-0.3, -0.25) is 9.69 Å². The fourth-order valence-electron chi connectivity index (χ4n) is 4.99. The van der Waals surface area contributed by atoms with Crippen molar-refractivity contribution in [3.8, 4) is 0 Å². The predicted molar refractivity (Wildman–Crippen MR) is 107 cm³/mol. The molecule has 0 unspecified atom stereocenters. The molecule has 1 saturated heterocycles. The van der Waals surface area contributed by atoms with Crippen LogP contribution in [0.4, 0.5) is 0 Å². The molecule has 138 valence electrons. The van der Waals surface area contributed by atoms with Crippen molar-refractivity contribution in [3.05, 3.63) is 58.3 Å². The summed E-state index contributed by atoms with van der Waals surface area (Å²) in [6.45, 7) is 1.72. The Kier molecular flexibility index (Phi) is 4.66. The van der Waals surface area contributed by atoms with Crippen LogP contribution in [-0.2, 0) is 16.9 Å². The zero-order valence-electron chi connectivity index (χ0n) is 15.8. The van der Waals surface area contributed by atoms with E-state index < -0.39 is 0 Å². The molecule has 2 fully saturated rings. The molecule has 3 nitrogen and oxygen atoms in total. The summed E-state index contributed by atoms with van der Waals surface area (Å²) in [4.78, 5) is 18.4. The molecule has 4 rings (SSSR count). The molecule has 1 aromatic carbocycles. The Balaban J connectivity index is 1.49. The largest absolute Gasteiger partial charge is 0.337 e. The fraction of sp³-hybridized carbons (Fsp3) is 0.500. The van der Waals surface area contributed by atoms with Gasteiger partial charge < -0.3 is 4.90 Å². The number of hydrogen-bond donors (Lipinski definition) is 0. The van der Waals surface area contributed by atoms with Crippen LogP contribution in [-0.4, -0.2) is 36.3 Å². The molecule has 0 N–H and O–H groups in total. The first-order valence-electron chi connectivity index (χ1n) is 9.56. The zero-order valence-corrected chi connectivity index (χ0v) is 16.6. The molecular weight excluding hydrogens is 340 g/mol. The maximum absolute atomic E-state index is 12.7. The van der Waals surface area contributed by atoms with Gasteiger partial charge in [-0.15, -0.1) is 11.3 Å². The number of nitrogens with zero attached hydrogens (tertiary/aromatic N) is 2. The maximum atomic E-state index is 12.7. The minimum atomic E-state index is 0.108. The summed E-state index contributed by atoms with van der Waals surface area (Å²) in [6, 6.07) is 15.1. The minimum absolute atomic E-state index is 0.108. The minimum Gasteiger partial charge on any atom is -0.337 e. The molecule has 4 heteroatoms. The molecule has 1 spiro atoms. The number of thiophene rings is 1.